The largest absolute Gasteiger partial charge is 0.329 e. The summed E-state index contributed by atoms with van der Waals surface area (Å²) in [6, 6.07) is -0.229. The first-order valence-electron chi connectivity index (χ1n) is 4.11. The van der Waals surface area contributed by atoms with Crippen LogP contribution in [-0.2, 0) is 9.59 Å². The molecule has 66 valence electrons. The van der Waals surface area contributed by atoms with E-state index in [9.17, 15) is 9.59 Å². The van der Waals surface area contributed by atoms with Gasteiger partial charge in [0.2, 0.25) is 5.91 Å². The lowest BCUT2D eigenvalue weighted by atomic mass is 10.2. The summed E-state index contributed by atoms with van der Waals surface area (Å²) in [6.07, 6.45) is 1.73. The SMILES string of the molecule is O=C1NNCC(=O)N2CCCC12. The fraction of sp³-hybridized carbons (Fsp3) is 0.714. The van der Waals surface area contributed by atoms with Gasteiger partial charge in [-0.05, 0) is 12.8 Å². The minimum Gasteiger partial charge on any atom is -0.329 e. The summed E-state index contributed by atoms with van der Waals surface area (Å²) in [4.78, 5) is 24.2. The van der Waals surface area contributed by atoms with Crippen molar-refractivity contribution in [2.45, 2.75) is 18.9 Å². The number of carbonyl (C=O) groups excluding carboxylic acids is 2. The lowest BCUT2D eigenvalue weighted by Gasteiger charge is -2.18. The highest BCUT2D eigenvalue weighted by Crippen LogP contribution is 2.17. The molecule has 0 aliphatic carbocycles. The van der Waals surface area contributed by atoms with Crippen LogP contribution in [0, 0.1) is 0 Å². The van der Waals surface area contributed by atoms with Crippen LogP contribution in [0.2, 0.25) is 0 Å². The third-order valence-electron chi connectivity index (χ3n) is 2.33. The molecule has 0 bridgehead atoms. The molecule has 2 aliphatic rings. The third kappa shape index (κ3) is 1.06. The monoisotopic (exact) mass is 169 g/mol. The highest BCUT2D eigenvalue weighted by Gasteiger charge is 2.35. The first kappa shape index (κ1) is 7.54. The minimum absolute atomic E-state index is 0.0100. The van der Waals surface area contributed by atoms with E-state index in [1.54, 1.807) is 4.90 Å². The van der Waals surface area contributed by atoms with Crippen molar-refractivity contribution in [3.8, 4) is 0 Å². The van der Waals surface area contributed by atoms with Crippen LogP contribution in [0.25, 0.3) is 0 Å². The van der Waals surface area contributed by atoms with Crippen molar-refractivity contribution < 1.29 is 9.59 Å². The maximum absolute atomic E-state index is 11.3. The average Bonchev–Trinajstić information content (AvgIpc) is 2.47. The quantitative estimate of drug-likeness (QED) is 0.469. The van der Waals surface area contributed by atoms with Gasteiger partial charge in [0.25, 0.3) is 5.91 Å². The molecule has 0 aromatic heterocycles. The number of nitrogens with zero attached hydrogens (tertiary/aromatic N) is 1. The van der Waals surface area contributed by atoms with Crippen LogP contribution in [0.3, 0.4) is 0 Å². The molecule has 0 aromatic rings. The molecule has 0 radical (unpaired) electrons. The average molecular weight is 169 g/mol. The molecule has 12 heavy (non-hydrogen) atoms. The van der Waals surface area contributed by atoms with Gasteiger partial charge in [-0.25, -0.2) is 5.43 Å². The summed E-state index contributed by atoms with van der Waals surface area (Å²) in [7, 11) is 0. The lowest BCUT2D eigenvalue weighted by Crippen LogP contribution is -2.43. The van der Waals surface area contributed by atoms with Crippen LogP contribution in [0.1, 0.15) is 12.8 Å². The zero-order valence-corrected chi connectivity index (χ0v) is 6.67. The smallest absolute Gasteiger partial charge is 0.256 e. The fourth-order valence-electron chi connectivity index (χ4n) is 1.73. The number of fused-ring (bicyclic) bond motifs is 1. The molecular weight excluding hydrogens is 158 g/mol. The van der Waals surface area contributed by atoms with Gasteiger partial charge in [-0.15, -0.1) is 0 Å². The number of hydrazine groups is 1. The first-order chi connectivity index (χ1) is 5.79. The van der Waals surface area contributed by atoms with E-state index in [-0.39, 0.29) is 24.4 Å². The van der Waals surface area contributed by atoms with Gasteiger partial charge >= 0.3 is 0 Å². The molecule has 2 amide bonds. The third-order valence-corrected chi connectivity index (χ3v) is 2.33. The molecule has 2 rings (SSSR count). The molecule has 2 heterocycles. The standard InChI is InChI=1S/C7H11N3O2/c11-6-4-8-9-7(12)5-2-1-3-10(5)6/h5,8H,1-4H2,(H,9,12). The Morgan fingerprint density at radius 2 is 2.25 bits per heavy atom. The normalized spacial score (nSPS) is 29.7. The van der Waals surface area contributed by atoms with Crippen LogP contribution in [0.15, 0.2) is 0 Å². The van der Waals surface area contributed by atoms with Crippen LogP contribution in [0.5, 0.6) is 0 Å². The van der Waals surface area contributed by atoms with Gasteiger partial charge in [-0.2, -0.15) is 0 Å². The Labute approximate surface area is 70.1 Å². The van der Waals surface area contributed by atoms with Gasteiger partial charge in [0, 0.05) is 6.54 Å². The predicted octanol–water partition coefficient (Wildman–Crippen LogP) is -1.39. The maximum atomic E-state index is 11.3. The molecule has 0 saturated carbocycles. The van der Waals surface area contributed by atoms with E-state index < -0.39 is 0 Å². The van der Waals surface area contributed by atoms with Crippen LogP contribution in [0.4, 0.5) is 0 Å². The Morgan fingerprint density at radius 1 is 1.42 bits per heavy atom. The summed E-state index contributed by atoms with van der Waals surface area (Å²) in [5, 5.41) is 0. The van der Waals surface area contributed by atoms with Crippen LogP contribution < -0.4 is 10.9 Å². The summed E-state index contributed by atoms with van der Waals surface area (Å²) < 4.78 is 0. The number of hydrogen-bond donors (Lipinski definition) is 2. The van der Waals surface area contributed by atoms with Crippen molar-refractivity contribution in [1.82, 2.24) is 15.8 Å². The van der Waals surface area contributed by atoms with Crippen molar-refractivity contribution in [2.75, 3.05) is 13.1 Å². The fourth-order valence-corrected chi connectivity index (χ4v) is 1.73. The van der Waals surface area contributed by atoms with E-state index in [2.05, 4.69) is 10.9 Å². The van der Waals surface area contributed by atoms with E-state index >= 15 is 0 Å². The van der Waals surface area contributed by atoms with E-state index in [1.165, 1.54) is 0 Å². The van der Waals surface area contributed by atoms with Crippen LogP contribution in [-0.4, -0.2) is 35.8 Å². The van der Waals surface area contributed by atoms with Gasteiger partial charge in [-0.1, -0.05) is 0 Å². The number of nitrogens with one attached hydrogen (secondary N) is 2. The Kier molecular flexibility index (Phi) is 1.73. The van der Waals surface area contributed by atoms with Gasteiger partial charge in [0.1, 0.15) is 6.04 Å². The maximum Gasteiger partial charge on any atom is 0.256 e. The van der Waals surface area contributed by atoms with Crippen LogP contribution >= 0.6 is 0 Å². The lowest BCUT2D eigenvalue weighted by molar-refractivity contribution is -0.135. The van der Waals surface area contributed by atoms with Gasteiger partial charge in [0.15, 0.2) is 0 Å². The van der Waals surface area contributed by atoms with Crippen molar-refractivity contribution in [1.29, 1.82) is 0 Å². The molecule has 5 nitrogen and oxygen atoms in total. The topological polar surface area (TPSA) is 61.4 Å². The summed E-state index contributed by atoms with van der Waals surface area (Å²) in [6.45, 7) is 0.931. The second-order valence-electron chi connectivity index (χ2n) is 3.09. The van der Waals surface area contributed by atoms with Crippen molar-refractivity contribution in [3.05, 3.63) is 0 Å². The molecule has 2 N–H and O–H groups in total. The van der Waals surface area contributed by atoms with E-state index in [0.717, 1.165) is 19.4 Å². The zero-order valence-electron chi connectivity index (χ0n) is 6.67. The molecular formula is C7H11N3O2. The number of rotatable bonds is 0. The van der Waals surface area contributed by atoms with Gasteiger partial charge < -0.3 is 4.90 Å². The summed E-state index contributed by atoms with van der Waals surface area (Å²) in [5.41, 5.74) is 5.08. The summed E-state index contributed by atoms with van der Waals surface area (Å²) in [5.74, 6) is -0.0748. The molecule has 2 aliphatic heterocycles. The van der Waals surface area contributed by atoms with E-state index in [4.69, 9.17) is 0 Å². The van der Waals surface area contributed by atoms with E-state index in [0.29, 0.717) is 0 Å². The molecule has 2 fully saturated rings. The highest BCUT2D eigenvalue weighted by molar-refractivity contribution is 5.90. The second kappa shape index (κ2) is 2.75. The molecule has 0 spiro atoms. The molecule has 2 saturated heterocycles. The Balaban J connectivity index is 2.20. The minimum atomic E-state index is -0.229. The zero-order chi connectivity index (χ0) is 8.55. The molecule has 0 aromatic carbocycles. The highest BCUT2D eigenvalue weighted by atomic mass is 16.2. The van der Waals surface area contributed by atoms with Gasteiger partial charge in [0.05, 0.1) is 6.54 Å². The Hall–Kier alpha value is -1.10. The van der Waals surface area contributed by atoms with Gasteiger partial charge in [-0.3, -0.25) is 15.0 Å². The van der Waals surface area contributed by atoms with Crippen molar-refractivity contribution in [3.63, 3.8) is 0 Å². The van der Waals surface area contributed by atoms with E-state index in [1.807, 2.05) is 0 Å². The molecule has 5 heteroatoms. The predicted molar refractivity (Wildman–Crippen MR) is 40.9 cm³/mol. The Bertz CT molecular complexity index is 207. The molecule has 1 unspecified atom stereocenters. The Morgan fingerprint density at radius 3 is 3.08 bits per heavy atom. The number of amides is 2. The number of hydrogen-bond acceptors (Lipinski definition) is 3. The number of carbonyl (C=O) groups is 2. The second-order valence-corrected chi connectivity index (χ2v) is 3.09. The first-order valence-corrected chi connectivity index (χ1v) is 4.11. The van der Waals surface area contributed by atoms with Crippen molar-refractivity contribution in [2.24, 2.45) is 0 Å². The summed E-state index contributed by atoms with van der Waals surface area (Å²) >= 11 is 0. The molecule has 1 atom stereocenters. The van der Waals surface area contributed by atoms with Crippen molar-refractivity contribution >= 4 is 11.8 Å².